The zero-order valence-corrected chi connectivity index (χ0v) is 42.8. The van der Waals surface area contributed by atoms with Gasteiger partial charge in [-0.1, -0.05) is 107 Å². The van der Waals surface area contributed by atoms with Crippen molar-refractivity contribution in [3.8, 4) is 50.6 Å². The smallest absolute Gasteiger partial charge is 0.216 e. The van der Waals surface area contributed by atoms with Gasteiger partial charge in [0.05, 0.1) is 30.5 Å². The summed E-state index contributed by atoms with van der Waals surface area (Å²) in [5, 5.41) is 3.40. The van der Waals surface area contributed by atoms with Crippen LogP contribution < -0.4 is 5.19 Å². The molecular weight excluding hydrogens is 1000 g/mol. The molecule has 5 aromatic heterocycles. The molecule has 0 N–H and O–H groups in total. The van der Waals surface area contributed by atoms with E-state index in [-0.39, 0.29) is 20.1 Å². The van der Waals surface area contributed by atoms with Crippen LogP contribution in [0.4, 0.5) is 0 Å². The van der Waals surface area contributed by atoms with E-state index in [1.165, 1.54) is 44.3 Å². The summed E-state index contributed by atoms with van der Waals surface area (Å²) >= 11 is 0. The Labute approximate surface area is 403 Å². The minimum atomic E-state index is -1.51. The van der Waals surface area contributed by atoms with Crippen LogP contribution in [0.3, 0.4) is 0 Å². The van der Waals surface area contributed by atoms with Crippen molar-refractivity contribution in [3.63, 3.8) is 0 Å². The molecule has 10 aromatic rings. The van der Waals surface area contributed by atoms with Crippen LogP contribution in [0.15, 0.2) is 144 Å². The molecule has 6 nitrogen and oxygen atoms in total. The topological polar surface area (TPSA) is 69.6 Å². The molecule has 0 unspecified atom stereocenters. The van der Waals surface area contributed by atoms with Crippen LogP contribution in [0, 0.1) is 32.9 Å². The molecule has 0 bridgehead atoms. The van der Waals surface area contributed by atoms with Crippen molar-refractivity contribution in [3.05, 3.63) is 180 Å². The Balaban J connectivity index is 0.000000203. The monoisotopic (exact) mass is 1060 g/mol. The second-order valence-electron chi connectivity index (χ2n) is 18.7. The Morgan fingerprint density at radius 2 is 1.29 bits per heavy atom. The number of para-hydroxylation sites is 2. The molecule has 0 aliphatic rings. The minimum Gasteiger partial charge on any atom is -0.486 e. The SMILES string of the molecule is Cc1cc(-c2cc(-c3[c-]cccc3)ncc2[Si](C)(C)C)cc(C)n1.Cc1ccc2c(n1)oc1c(-c3nc4ccccc4n3-c3c(C(C)C)cc(-c4ccccc4)cc3C(C)C)[c-]ccc12.[Ir]. The molecule has 8 heteroatoms. The van der Waals surface area contributed by atoms with Crippen molar-refractivity contribution in [2.45, 2.75) is 79.9 Å². The molecule has 0 amide bonds. The largest absolute Gasteiger partial charge is 0.486 e. The summed E-state index contributed by atoms with van der Waals surface area (Å²) in [5.41, 5.74) is 18.0. The van der Waals surface area contributed by atoms with Gasteiger partial charge in [-0.15, -0.1) is 54.1 Å². The molecule has 0 atom stereocenters. The Bertz CT molecular complexity index is 3300. The third kappa shape index (κ3) is 9.10. The Morgan fingerprint density at radius 3 is 1.95 bits per heavy atom. The summed E-state index contributed by atoms with van der Waals surface area (Å²) in [6.07, 6.45) is 2.07. The number of furan rings is 1. The van der Waals surface area contributed by atoms with Gasteiger partial charge in [0.15, 0.2) is 0 Å². The molecule has 0 spiro atoms. The first kappa shape index (κ1) is 46.2. The van der Waals surface area contributed by atoms with Gasteiger partial charge in [-0.2, -0.15) is 0 Å². The molecule has 1 radical (unpaired) electrons. The summed E-state index contributed by atoms with van der Waals surface area (Å²) in [6, 6.07) is 53.3. The van der Waals surface area contributed by atoms with E-state index >= 15 is 0 Å². The maximum absolute atomic E-state index is 6.44. The maximum Gasteiger partial charge on any atom is 0.216 e. The molecule has 66 heavy (non-hydrogen) atoms. The number of pyridine rings is 3. The van der Waals surface area contributed by atoms with E-state index in [9.17, 15) is 0 Å². The van der Waals surface area contributed by atoms with Crippen LogP contribution in [-0.4, -0.2) is 32.6 Å². The van der Waals surface area contributed by atoms with Crippen molar-refractivity contribution in [1.82, 2.24) is 24.5 Å². The number of imidazole rings is 1. The number of aryl methyl sites for hydroxylation is 3. The van der Waals surface area contributed by atoms with Gasteiger partial charge in [0.2, 0.25) is 5.71 Å². The van der Waals surface area contributed by atoms with Gasteiger partial charge in [-0.3, -0.25) is 9.97 Å². The molecule has 333 valence electrons. The molecule has 5 heterocycles. The van der Waals surface area contributed by atoms with Crippen LogP contribution in [-0.2, 0) is 20.1 Å². The van der Waals surface area contributed by atoms with Crippen molar-refractivity contribution >= 4 is 46.4 Å². The molecule has 0 aliphatic carbocycles. The fourth-order valence-corrected chi connectivity index (χ4v) is 10.4. The van der Waals surface area contributed by atoms with Crippen LogP contribution in [0.1, 0.15) is 67.7 Å². The van der Waals surface area contributed by atoms with Gasteiger partial charge in [0, 0.05) is 54.5 Å². The number of rotatable bonds is 8. The predicted octanol–water partition coefficient (Wildman–Crippen LogP) is 14.8. The fraction of sp³-hybridized carbons (Fsp3) is 0.207. The van der Waals surface area contributed by atoms with Crippen molar-refractivity contribution in [2.24, 2.45) is 0 Å². The minimum absolute atomic E-state index is 0. The standard InChI is InChI=1S/C37H32N3O.C21H23N2Si.Ir/c1-22(2)30-20-26(25-12-7-6-8-13-25)21-31(23(3)4)34(30)40-33-17-10-9-16-32(33)39-36(40)29-15-11-14-27-28-19-18-24(5)38-37(28)41-35(27)29;1-15-11-18(12-16(2)23-15)19-13-20(17-9-7-6-8-10-17)22-14-21(19)24(3,4)5;/h6-14,16-23H,1-5H3;6-9,11-14H,1-5H3;/q2*-1;. The van der Waals surface area contributed by atoms with E-state index in [1.807, 2.05) is 43.3 Å². The molecule has 0 saturated heterocycles. The van der Waals surface area contributed by atoms with Gasteiger partial charge in [-0.25, -0.2) is 4.98 Å². The molecule has 0 aliphatic heterocycles. The fourth-order valence-electron chi connectivity index (χ4n) is 8.90. The summed E-state index contributed by atoms with van der Waals surface area (Å²) in [5.74, 6) is 1.40. The predicted molar refractivity (Wildman–Crippen MR) is 273 cm³/mol. The van der Waals surface area contributed by atoms with Crippen molar-refractivity contribution in [1.29, 1.82) is 0 Å². The first-order chi connectivity index (χ1) is 31.2. The van der Waals surface area contributed by atoms with Crippen LogP contribution >= 0.6 is 0 Å². The first-order valence-electron chi connectivity index (χ1n) is 22.6. The normalized spacial score (nSPS) is 11.6. The van der Waals surface area contributed by atoms with E-state index in [2.05, 4.69) is 191 Å². The molecule has 5 aromatic carbocycles. The van der Waals surface area contributed by atoms with Gasteiger partial charge in [0.25, 0.3) is 0 Å². The van der Waals surface area contributed by atoms with Crippen LogP contribution in [0.25, 0.3) is 83.7 Å². The molecular formula is C58H55IrN5OSi-2. The summed E-state index contributed by atoms with van der Waals surface area (Å²) in [6.45, 7) is 22.3. The van der Waals surface area contributed by atoms with Gasteiger partial charge >= 0.3 is 0 Å². The van der Waals surface area contributed by atoms with E-state index in [1.54, 1.807) is 0 Å². The number of aromatic nitrogens is 5. The Morgan fingerprint density at radius 1 is 0.606 bits per heavy atom. The number of nitrogens with zero attached hydrogens (tertiary/aromatic N) is 5. The summed E-state index contributed by atoms with van der Waals surface area (Å²) in [7, 11) is -1.51. The van der Waals surface area contributed by atoms with E-state index in [0.29, 0.717) is 17.5 Å². The summed E-state index contributed by atoms with van der Waals surface area (Å²) < 4.78 is 8.78. The number of benzene rings is 5. The average Bonchev–Trinajstić information content (AvgIpc) is 3.86. The Kier molecular flexibility index (Phi) is 13.2. The zero-order chi connectivity index (χ0) is 45.6. The number of hydrogen-bond acceptors (Lipinski definition) is 5. The molecule has 10 rings (SSSR count). The molecule has 0 saturated carbocycles. The Hall–Kier alpha value is -6.31. The van der Waals surface area contributed by atoms with Crippen LogP contribution in [0.2, 0.25) is 19.6 Å². The van der Waals surface area contributed by atoms with Gasteiger partial charge in [-0.05, 0) is 125 Å². The quantitative estimate of drug-likeness (QED) is 0.112. The molecule has 0 fully saturated rings. The number of hydrogen-bond donors (Lipinski definition) is 0. The second-order valence-corrected chi connectivity index (χ2v) is 23.8. The average molecular weight is 1060 g/mol. The van der Waals surface area contributed by atoms with Crippen molar-refractivity contribution < 1.29 is 24.5 Å². The number of fused-ring (bicyclic) bond motifs is 4. The third-order valence-corrected chi connectivity index (χ3v) is 14.1. The van der Waals surface area contributed by atoms with Gasteiger partial charge in [0.1, 0.15) is 0 Å². The summed E-state index contributed by atoms with van der Waals surface area (Å²) in [4.78, 5) is 19.2. The van der Waals surface area contributed by atoms with E-state index < -0.39 is 8.07 Å². The van der Waals surface area contributed by atoms with Crippen molar-refractivity contribution in [2.75, 3.05) is 0 Å². The maximum atomic E-state index is 6.44. The van der Waals surface area contributed by atoms with Crippen LogP contribution in [0.5, 0.6) is 0 Å². The van der Waals surface area contributed by atoms with E-state index in [0.717, 1.165) is 67.1 Å². The zero-order valence-electron chi connectivity index (χ0n) is 39.4. The van der Waals surface area contributed by atoms with E-state index in [4.69, 9.17) is 14.4 Å². The third-order valence-electron chi connectivity index (χ3n) is 12.1. The van der Waals surface area contributed by atoms with Gasteiger partial charge < -0.3 is 14.0 Å². The second kappa shape index (κ2) is 18.9. The first-order valence-corrected chi connectivity index (χ1v) is 26.1.